The van der Waals surface area contributed by atoms with E-state index in [1.54, 1.807) is 0 Å². The van der Waals surface area contributed by atoms with Crippen LogP contribution in [0.25, 0.3) is 0 Å². The molecule has 0 amide bonds. The molecular weight excluding hydrogens is 222 g/mol. The number of rotatable bonds is 6. The third-order valence-electron chi connectivity index (χ3n) is 3.89. The highest BCUT2D eigenvalue weighted by Crippen LogP contribution is 2.35. The van der Waals surface area contributed by atoms with E-state index in [2.05, 4.69) is 12.2 Å². The van der Waals surface area contributed by atoms with Crippen LogP contribution in [0, 0.1) is 11.8 Å². The summed E-state index contributed by atoms with van der Waals surface area (Å²) < 4.78 is 22.9. The second kappa shape index (κ2) is 5.05. The average molecular weight is 245 g/mol. The van der Waals surface area contributed by atoms with Crippen molar-refractivity contribution in [3.05, 3.63) is 0 Å². The van der Waals surface area contributed by atoms with Crippen molar-refractivity contribution < 1.29 is 8.42 Å². The minimum atomic E-state index is -2.72. The molecule has 0 aromatic carbocycles. The molecular formula is C12H23NO2S. The highest BCUT2D eigenvalue weighted by Gasteiger charge is 2.34. The lowest BCUT2D eigenvalue weighted by atomic mass is 9.94. The van der Waals surface area contributed by atoms with E-state index in [1.807, 2.05) is 0 Å². The average Bonchev–Trinajstić information content (AvgIpc) is 2.97. The molecule has 0 aromatic heterocycles. The summed E-state index contributed by atoms with van der Waals surface area (Å²) in [6, 6.07) is 0.433. The lowest BCUT2D eigenvalue weighted by Gasteiger charge is -2.23. The Morgan fingerprint density at radius 2 is 2.06 bits per heavy atom. The molecule has 2 unspecified atom stereocenters. The van der Waals surface area contributed by atoms with Gasteiger partial charge < -0.3 is 5.32 Å². The molecule has 16 heavy (non-hydrogen) atoms. The SMILES string of the molecule is CCNC(CCC1CC1)C1CCS(=O)(=O)C1. The molecule has 1 saturated heterocycles. The van der Waals surface area contributed by atoms with E-state index >= 15 is 0 Å². The van der Waals surface area contributed by atoms with Gasteiger partial charge in [0.15, 0.2) is 9.84 Å². The third-order valence-corrected chi connectivity index (χ3v) is 5.68. The molecule has 0 aromatic rings. The van der Waals surface area contributed by atoms with E-state index in [4.69, 9.17) is 0 Å². The van der Waals surface area contributed by atoms with Gasteiger partial charge in [0.05, 0.1) is 11.5 Å². The first-order valence-electron chi connectivity index (χ1n) is 6.54. The molecule has 4 heteroatoms. The monoisotopic (exact) mass is 245 g/mol. The number of hydrogen-bond acceptors (Lipinski definition) is 3. The van der Waals surface area contributed by atoms with Gasteiger partial charge in [0.25, 0.3) is 0 Å². The van der Waals surface area contributed by atoms with Crippen LogP contribution in [0.2, 0.25) is 0 Å². The van der Waals surface area contributed by atoms with Gasteiger partial charge in [-0.15, -0.1) is 0 Å². The second-order valence-corrected chi connectivity index (χ2v) is 7.58. The number of hydrogen-bond donors (Lipinski definition) is 1. The first-order valence-corrected chi connectivity index (χ1v) is 8.36. The zero-order chi connectivity index (χ0) is 11.6. The molecule has 1 N–H and O–H groups in total. The molecule has 2 atom stereocenters. The summed E-state index contributed by atoms with van der Waals surface area (Å²) in [5.41, 5.74) is 0. The first-order chi connectivity index (χ1) is 7.61. The Kier molecular flexibility index (Phi) is 3.90. The van der Waals surface area contributed by atoms with Gasteiger partial charge in [0, 0.05) is 6.04 Å². The van der Waals surface area contributed by atoms with Gasteiger partial charge in [-0.2, -0.15) is 0 Å². The molecule has 3 nitrogen and oxygen atoms in total. The largest absolute Gasteiger partial charge is 0.314 e. The Balaban J connectivity index is 1.85. The Bertz CT molecular complexity index is 322. The summed E-state index contributed by atoms with van der Waals surface area (Å²) in [7, 11) is -2.72. The van der Waals surface area contributed by atoms with Crippen molar-refractivity contribution in [3.8, 4) is 0 Å². The zero-order valence-corrected chi connectivity index (χ0v) is 10.9. The third kappa shape index (κ3) is 3.45. The summed E-state index contributed by atoms with van der Waals surface area (Å²) in [5.74, 6) is 2.13. The predicted molar refractivity (Wildman–Crippen MR) is 66.2 cm³/mol. The summed E-state index contributed by atoms with van der Waals surface area (Å²) in [5, 5.41) is 3.48. The first kappa shape index (κ1) is 12.4. The highest BCUT2D eigenvalue weighted by molar-refractivity contribution is 7.91. The molecule has 1 aliphatic carbocycles. The maximum Gasteiger partial charge on any atom is 0.150 e. The topological polar surface area (TPSA) is 46.2 Å². The normalized spacial score (nSPS) is 30.4. The van der Waals surface area contributed by atoms with Crippen molar-refractivity contribution in [1.82, 2.24) is 5.32 Å². The van der Waals surface area contributed by atoms with Gasteiger partial charge in [-0.3, -0.25) is 0 Å². The Morgan fingerprint density at radius 1 is 1.31 bits per heavy atom. The lowest BCUT2D eigenvalue weighted by molar-refractivity contribution is 0.354. The minimum absolute atomic E-state index is 0.365. The van der Waals surface area contributed by atoms with Crippen LogP contribution in [0.15, 0.2) is 0 Å². The van der Waals surface area contributed by atoms with Crippen molar-refractivity contribution in [1.29, 1.82) is 0 Å². The van der Waals surface area contributed by atoms with Crippen LogP contribution in [0.1, 0.15) is 39.0 Å². The molecule has 1 aliphatic heterocycles. The number of sulfone groups is 1. The summed E-state index contributed by atoms with van der Waals surface area (Å²) in [6.45, 7) is 3.06. The van der Waals surface area contributed by atoms with Gasteiger partial charge in [0.1, 0.15) is 0 Å². The van der Waals surface area contributed by atoms with Gasteiger partial charge in [0.2, 0.25) is 0 Å². The lowest BCUT2D eigenvalue weighted by Crippen LogP contribution is -2.36. The molecule has 94 valence electrons. The van der Waals surface area contributed by atoms with Crippen LogP contribution in [0.5, 0.6) is 0 Å². The molecule has 0 radical (unpaired) electrons. The van der Waals surface area contributed by atoms with E-state index < -0.39 is 9.84 Å². The zero-order valence-electron chi connectivity index (χ0n) is 10.1. The van der Waals surface area contributed by atoms with Crippen molar-refractivity contribution >= 4 is 9.84 Å². The fourth-order valence-electron chi connectivity index (χ4n) is 2.73. The standard InChI is InChI=1S/C12H23NO2S/c1-2-13-12(6-5-10-3-4-10)11-7-8-16(14,15)9-11/h10-13H,2-9H2,1H3. The minimum Gasteiger partial charge on any atom is -0.314 e. The van der Waals surface area contributed by atoms with E-state index in [0.717, 1.165) is 18.9 Å². The van der Waals surface area contributed by atoms with Crippen LogP contribution < -0.4 is 5.32 Å². The van der Waals surface area contributed by atoms with Gasteiger partial charge in [-0.1, -0.05) is 19.8 Å². The molecule has 2 aliphatic rings. The molecule has 1 heterocycles. The maximum absolute atomic E-state index is 11.5. The van der Waals surface area contributed by atoms with E-state index in [-0.39, 0.29) is 0 Å². The maximum atomic E-state index is 11.5. The van der Waals surface area contributed by atoms with E-state index in [0.29, 0.717) is 23.5 Å². The summed E-state index contributed by atoms with van der Waals surface area (Å²) >= 11 is 0. The van der Waals surface area contributed by atoms with Gasteiger partial charge >= 0.3 is 0 Å². The fraction of sp³-hybridized carbons (Fsp3) is 1.00. The Labute approximate surface area is 98.9 Å². The molecule has 2 fully saturated rings. The molecule has 0 bridgehead atoms. The number of nitrogens with one attached hydrogen (secondary N) is 1. The van der Waals surface area contributed by atoms with E-state index in [9.17, 15) is 8.42 Å². The molecule has 0 spiro atoms. The van der Waals surface area contributed by atoms with Crippen LogP contribution >= 0.6 is 0 Å². The summed E-state index contributed by atoms with van der Waals surface area (Å²) in [4.78, 5) is 0. The summed E-state index contributed by atoms with van der Waals surface area (Å²) in [6.07, 6.45) is 6.10. The van der Waals surface area contributed by atoms with Gasteiger partial charge in [-0.05, 0) is 37.6 Å². The quantitative estimate of drug-likeness (QED) is 0.773. The van der Waals surface area contributed by atoms with Crippen LogP contribution in [0.4, 0.5) is 0 Å². The van der Waals surface area contributed by atoms with Crippen LogP contribution in [0.3, 0.4) is 0 Å². The Morgan fingerprint density at radius 3 is 2.56 bits per heavy atom. The smallest absolute Gasteiger partial charge is 0.150 e. The molecule has 2 rings (SSSR count). The van der Waals surface area contributed by atoms with Crippen molar-refractivity contribution in [2.75, 3.05) is 18.1 Å². The second-order valence-electron chi connectivity index (χ2n) is 5.35. The van der Waals surface area contributed by atoms with E-state index in [1.165, 1.54) is 25.7 Å². The highest BCUT2D eigenvalue weighted by atomic mass is 32.2. The molecule has 1 saturated carbocycles. The predicted octanol–water partition coefficient (Wildman–Crippen LogP) is 1.59. The van der Waals surface area contributed by atoms with Crippen LogP contribution in [-0.2, 0) is 9.84 Å². The Hall–Kier alpha value is -0.0900. The van der Waals surface area contributed by atoms with Crippen molar-refractivity contribution in [3.63, 3.8) is 0 Å². The van der Waals surface area contributed by atoms with Crippen LogP contribution in [-0.4, -0.2) is 32.5 Å². The van der Waals surface area contributed by atoms with Crippen molar-refractivity contribution in [2.24, 2.45) is 11.8 Å². The fourth-order valence-corrected chi connectivity index (χ4v) is 4.61. The van der Waals surface area contributed by atoms with Gasteiger partial charge in [-0.25, -0.2) is 8.42 Å². The van der Waals surface area contributed by atoms with Crippen molar-refractivity contribution in [2.45, 2.75) is 45.1 Å².